The van der Waals surface area contributed by atoms with Crippen LogP contribution in [0.5, 0.6) is 0 Å². The fourth-order valence-corrected chi connectivity index (χ4v) is 8.30. The Labute approximate surface area is 218 Å². The monoisotopic (exact) mass is 503 g/mol. The topological polar surface area (TPSA) is 94.9 Å². The van der Waals surface area contributed by atoms with Crippen LogP contribution in [0.4, 0.5) is 0 Å². The lowest BCUT2D eigenvalue weighted by Crippen LogP contribution is -2.45. The van der Waals surface area contributed by atoms with Gasteiger partial charge in [-0.15, -0.1) is 0 Å². The number of aliphatic carboxylic acids is 1. The summed E-state index contributed by atoms with van der Waals surface area (Å²) in [6.45, 7) is 3.23. The van der Waals surface area contributed by atoms with Crippen LogP contribution in [-0.4, -0.2) is 52.0 Å². The molecule has 1 amide bonds. The number of aliphatic hydroxyl groups excluding tert-OH is 1. The molecule has 6 rings (SSSR count). The number of carbonyl (C=O) groups is 3. The summed E-state index contributed by atoms with van der Waals surface area (Å²) < 4.78 is 0. The number of amides is 1. The minimum Gasteiger partial charge on any atom is -0.481 e. The van der Waals surface area contributed by atoms with Crippen LogP contribution in [0.25, 0.3) is 0 Å². The number of ketones is 1. The highest BCUT2D eigenvalue weighted by molar-refractivity contribution is 5.94. The lowest BCUT2D eigenvalue weighted by Gasteiger charge is -2.52. The Hall–Kier alpha value is -2.73. The Balaban J connectivity index is 1.31. The van der Waals surface area contributed by atoms with Crippen LogP contribution in [0.1, 0.15) is 86.6 Å². The fraction of sp³-hybridized carbons (Fsp3) is 0.581. The normalized spacial score (nSPS) is 33.9. The number of rotatable bonds is 3. The number of aliphatic hydroxyl groups is 1. The Morgan fingerprint density at radius 2 is 1.70 bits per heavy atom. The highest BCUT2D eigenvalue weighted by atomic mass is 16.4. The largest absolute Gasteiger partial charge is 0.481 e. The number of likely N-dealkylation sites (tertiary alicyclic amines) is 1. The van der Waals surface area contributed by atoms with Gasteiger partial charge in [0.15, 0.2) is 5.78 Å². The average Bonchev–Trinajstić information content (AvgIpc) is 3.21. The first-order valence-electron chi connectivity index (χ1n) is 14.0. The first kappa shape index (κ1) is 24.6. The van der Waals surface area contributed by atoms with Gasteiger partial charge in [-0.3, -0.25) is 14.4 Å². The van der Waals surface area contributed by atoms with E-state index in [-0.39, 0.29) is 35.0 Å². The van der Waals surface area contributed by atoms with E-state index in [1.54, 1.807) is 4.90 Å². The van der Waals surface area contributed by atoms with E-state index < -0.39 is 5.97 Å². The number of carboxylic acids is 1. The van der Waals surface area contributed by atoms with Gasteiger partial charge in [0, 0.05) is 31.0 Å². The number of benzene rings is 1. The van der Waals surface area contributed by atoms with Crippen LogP contribution in [0, 0.1) is 23.2 Å². The van der Waals surface area contributed by atoms with Crippen molar-refractivity contribution in [3.8, 4) is 0 Å². The van der Waals surface area contributed by atoms with Crippen molar-refractivity contribution in [3.05, 3.63) is 58.2 Å². The van der Waals surface area contributed by atoms with E-state index in [1.165, 1.54) is 22.3 Å². The summed E-state index contributed by atoms with van der Waals surface area (Å²) in [6.07, 6.45) is 8.82. The van der Waals surface area contributed by atoms with E-state index in [4.69, 9.17) is 0 Å². The maximum absolute atomic E-state index is 13.2. The number of allylic oxidation sites excluding steroid dienone is 4. The smallest absolute Gasteiger partial charge is 0.306 e. The van der Waals surface area contributed by atoms with E-state index in [0.29, 0.717) is 49.8 Å². The molecule has 0 bridgehead atoms. The van der Waals surface area contributed by atoms with E-state index >= 15 is 0 Å². The Morgan fingerprint density at radius 1 is 0.973 bits per heavy atom. The number of hydrogen-bond donors (Lipinski definition) is 2. The summed E-state index contributed by atoms with van der Waals surface area (Å²) in [5.41, 5.74) is 5.83. The molecule has 3 fully saturated rings. The number of piperidine rings is 1. The van der Waals surface area contributed by atoms with Gasteiger partial charge in [-0.25, -0.2) is 0 Å². The van der Waals surface area contributed by atoms with Crippen molar-refractivity contribution in [2.45, 2.75) is 76.7 Å². The molecule has 37 heavy (non-hydrogen) atoms. The molecule has 5 atom stereocenters. The van der Waals surface area contributed by atoms with Crippen LogP contribution in [0.15, 0.2) is 47.1 Å². The number of hydrogen-bond acceptors (Lipinski definition) is 4. The van der Waals surface area contributed by atoms with Crippen molar-refractivity contribution in [2.75, 3.05) is 13.1 Å². The highest BCUT2D eigenvalue weighted by Gasteiger charge is 2.56. The van der Waals surface area contributed by atoms with Gasteiger partial charge in [0.2, 0.25) is 0 Å². The molecule has 2 N–H and O–H groups in total. The van der Waals surface area contributed by atoms with Gasteiger partial charge in [-0.05, 0) is 104 Å². The van der Waals surface area contributed by atoms with E-state index in [2.05, 4.69) is 19.1 Å². The highest BCUT2D eigenvalue weighted by Crippen LogP contribution is 2.63. The predicted molar refractivity (Wildman–Crippen MR) is 139 cm³/mol. The van der Waals surface area contributed by atoms with E-state index in [9.17, 15) is 24.6 Å². The molecule has 0 aromatic heterocycles. The lowest BCUT2D eigenvalue weighted by atomic mass is 9.53. The molecule has 5 aliphatic rings. The van der Waals surface area contributed by atoms with Crippen molar-refractivity contribution in [3.63, 3.8) is 0 Å². The summed E-state index contributed by atoms with van der Waals surface area (Å²) in [5, 5.41) is 20.3. The minimum absolute atomic E-state index is 0.0362. The first-order chi connectivity index (χ1) is 17.8. The van der Waals surface area contributed by atoms with Crippen LogP contribution in [0.3, 0.4) is 0 Å². The van der Waals surface area contributed by atoms with Crippen molar-refractivity contribution in [1.82, 2.24) is 4.90 Å². The van der Waals surface area contributed by atoms with E-state index in [1.807, 2.05) is 18.2 Å². The van der Waals surface area contributed by atoms with Gasteiger partial charge in [0.05, 0.1) is 12.0 Å². The maximum atomic E-state index is 13.2. The number of fused-ring (bicyclic) bond motifs is 4. The third-order valence-corrected chi connectivity index (χ3v) is 10.4. The third kappa shape index (κ3) is 4.08. The molecule has 1 aliphatic heterocycles. The SMILES string of the molecule is C[C@]12CC(c3ccc(C(=O)N4CCC(C(=O)O)CC4)cc3)C3=C4CCC(=O)C=C4CC[C@H]3[C@@H]1CCC2O. The molecule has 196 valence electrons. The van der Waals surface area contributed by atoms with Gasteiger partial charge < -0.3 is 15.1 Å². The number of nitrogens with zero attached hydrogens (tertiary/aromatic N) is 1. The summed E-state index contributed by atoms with van der Waals surface area (Å²) >= 11 is 0. The van der Waals surface area contributed by atoms with Gasteiger partial charge in [-0.1, -0.05) is 24.6 Å². The second kappa shape index (κ2) is 9.23. The van der Waals surface area contributed by atoms with Crippen molar-refractivity contribution in [1.29, 1.82) is 0 Å². The lowest BCUT2D eigenvalue weighted by molar-refractivity contribution is -0.143. The maximum Gasteiger partial charge on any atom is 0.306 e. The van der Waals surface area contributed by atoms with Crippen molar-refractivity contribution >= 4 is 17.7 Å². The Kier molecular flexibility index (Phi) is 6.14. The van der Waals surface area contributed by atoms with Gasteiger partial charge in [0.25, 0.3) is 5.91 Å². The molecule has 6 nitrogen and oxygen atoms in total. The zero-order valence-corrected chi connectivity index (χ0v) is 21.6. The Morgan fingerprint density at radius 3 is 2.41 bits per heavy atom. The predicted octanol–water partition coefficient (Wildman–Crippen LogP) is 4.88. The summed E-state index contributed by atoms with van der Waals surface area (Å²) in [4.78, 5) is 38.4. The zero-order valence-electron chi connectivity index (χ0n) is 21.6. The number of carboxylic acid groups (broad SMARTS) is 1. The average molecular weight is 504 g/mol. The van der Waals surface area contributed by atoms with Gasteiger partial charge in [-0.2, -0.15) is 0 Å². The van der Waals surface area contributed by atoms with Gasteiger partial charge >= 0.3 is 5.97 Å². The van der Waals surface area contributed by atoms with Crippen LogP contribution in [0.2, 0.25) is 0 Å². The fourth-order valence-electron chi connectivity index (χ4n) is 8.30. The molecular formula is C31H37NO5. The summed E-state index contributed by atoms with van der Waals surface area (Å²) in [5.74, 6) is 0.173. The zero-order chi connectivity index (χ0) is 25.9. The second-order valence-corrected chi connectivity index (χ2v) is 12.2. The van der Waals surface area contributed by atoms with Crippen molar-refractivity contribution < 1.29 is 24.6 Å². The molecular weight excluding hydrogens is 466 g/mol. The van der Waals surface area contributed by atoms with Crippen LogP contribution >= 0.6 is 0 Å². The van der Waals surface area contributed by atoms with Crippen LogP contribution < -0.4 is 0 Å². The molecule has 6 heteroatoms. The van der Waals surface area contributed by atoms with E-state index in [0.717, 1.165) is 38.5 Å². The summed E-state index contributed by atoms with van der Waals surface area (Å²) in [7, 11) is 0. The molecule has 2 unspecified atom stereocenters. The third-order valence-electron chi connectivity index (χ3n) is 10.4. The van der Waals surface area contributed by atoms with Crippen LogP contribution in [-0.2, 0) is 9.59 Å². The molecule has 1 saturated heterocycles. The molecule has 1 aromatic rings. The standard InChI is InChI=1S/C31H37NO5/c1-31-17-25(18-2-4-19(5-3-18)29(35)32-14-12-20(13-15-32)30(36)37)28-23-9-7-22(33)16-21(23)6-8-24(28)26(31)10-11-27(31)34/h2-5,16,20,24-27,34H,6-15,17H2,1H3,(H,36,37)/t24-,25?,26-,27?,31-/m0/s1. The molecule has 1 aromatic carbocycles. The molecule has 0 spiro atoms. The van der Waals surface area contributed by atoms with Crippen molar-refractivity contribution in [2.24, 2.45) is 23.2 Å². The molecule has 1 heterocycles. The summed E-state index contributed by atoms with van der Waals surface area (Å²) in [6, 6.07) is 8.02. The molecule has 0 radical (unpaired) electrons. The second-order valence-electron chi connectivity index (χ2n) is 12.2. The first-order valence-corrected chi connectivity index (χ1v) is 14.0. The minimum atomic E-state index is -0.774. The molecule has 4 aliphatic carbocycles. The van der Waals surface area contributed by atoms with Gasteiger partial charge in [0.1, 0.15) is 0 Å². The Bertz CT molecular complexity index is 1190. The quantitative estimate of drug-likeness (QED) is 0.613. The molecule has 2 saturated carbocycles. The number of carbonyl (C=O) groups excluding carboxylic acids is 2.